The van der Waals surface area contributed by atoms with Crippen LogP contribution >= 0.6 is 11.3 Å². The highest BCUT2D eigenvalue weighted by Gasteiger charge is 2.25. The van der Waals surface area contributed by atoms with Crippen LogP contribution in [0.2, 0.25) is 0 Å². The quantitative estimate of drug-likeness (QED) is 0.782. The van der Waals surface area contributed by atoms with E-state index < -0.39 is 0 Å². The first-order chi connectivity index (χ1) is 8.74. The van der Waals surface area contributed by atoms with E-state index in [1.165, 1.54) is 36.6 Å². The molecule has 1 fully saturated rings. The minimum absolute atomic E-state index is 0.370. The SMILES string of the molecule is CCCNC(C)c1csc(N(CC)CC2CC2)n1. The van der Waals surface area contributed by atoms with Gasteiger partial charge in [-0.25, -0.2) is 4.98 Å². The summed E-state index contributed by atoms with van der Waals surface area (Å²) >= 11 is 1.79. The second-order valence-electron chi connectivity index (χ2n) is 5.21. The van der Waals surface area contributed by atoms with Gasteiger partial charge in [0.2, 0.25) is 0 Å². The fourth-order valence-corrected chi connectivity index (χ4v) is 3.03. The van der Waals surface area contributed by atoms with E-state index in [0.717, 1.165) is 19.0 Å². The van der Waals surface area contributed by atoms with Crippen LogP contribution in [0.25, 0.3) is 0 Å². The molecule has 1 heterocycles. The average Bonchev–Trinajstić information content (AvgIpc) is 3.07. The number of hydrogen-bond acceptors (Lipinski definition) is 4. The van der Waals surface area contributed by atoms with Gasteiger partial charge in [-0.2, -0.15) is 0 Å². The molecule has 1 unspecified atom stereocenters. The summed E-state index contributed by atoms with van der Waals surface area (Å²) in [6.07, 6.45) is 3.98. The van der Waals surface area contributed by atoms with Crippen molar-refractivity contribution in [1.29, 1.82) is 0 Å². The van der Waals surface area contributed by atoms with Gasteiger partial charge in [-0.3, -0.25) is 0 Å². The molecule has 1 N–H and O–H groups in total. The van der Waals surface area contributed by atoms with Gasteiger partial charge in [0.25, 0.3) is 0 Å². The van der Waals surface area contributed by atoms with Crippen molar-refractivity contribution >= 4 is 16.5 Å². The van der Waals surface area contributed by atoms with Crippen molar-refractivity contribution < 1.29 is 0 Å². The second-order valence-corrected chi connectivity index (χ2v) is 6.05. The van der Waals surface area contributed by atoms with E-state index in [1.807, 2.05) is 0 Å². The van der Waals surface area contributed by atoms with Crippen molar-refractivity contribution in [3.05, 3.63) is 11.1 Å². The molecule has 1 saturated carbocycles. The molecule has 0 radical (unpaired) electrons. The summed E-state index contributed by atoms with van der Waals surface area (Å²) in [5, 5.41) is 6.90. The van der Waals surface area contributed by atoms with E-state index in [1.54, 1.807) is 11.3 Å². The van der Waals surface area contributed by atoms with Crippen molar-refractivity contribution in [2.45, 2.75) is 46.1 Å². The third-order valence-electron chi connectivity index (χ3n) is 3.48. The van der Waals surface area contributed by atoms with Crippen molar-refractivity contribution in [3.63, 3.8) is 0 Å². The zero-order valence-electron chi connectivity index (χ0n) is 11.8. The van der Waals surface area contributed by atoms with Crippen LogP contribution in [0.15, 0.2) is 5.38 Å². The Labute approximate surface area is 115 Å². The average molecular weight is 267 g/mol. The van der Waals surface area contributed by atoms with Crippen LogP contribution in [0.1, 0.15) is 51.8 Å². The van der Waals surface area contributed by atoms with Crippen LogP contribution in [0.5, 0.6) is 0 Å². The van der Waals surface area contributed by atoms with Crippen LogP contribution in [0, 0.1) is 5.92 Å². The molecule has 2 rings (SSSR count). The predicted octanol–water partition coefficient (Wildman–Crippen LogP) is 3.44. The lowest BCUT2D eigenvalue weighted by atomic mass is 10.2. The van der Waals surface area contributed by atoms with E-state index in [9.17, 15) is 0 Å². The van der Waals surface area contributed by atoms with Crippen molar-refractivity contribution in [1.82, 2.24) is 10.3 Å². The van der Waals surface area contributed by atoms with Crippen LogP contribution in [-0.2, 0) is 0 Å². The first-order valence-electron chi connectivity index (χ1n) is 7.18. The minimum Gasteiger partial charge on any atom is -0.348 e. The van der Waals surface area contributed by atoms with Crippen LogP contribution < -0.4 is 10.2 Å². The molecule has 4 heteroatoms. The van der Waals surface area contributed by atoms with Gasteiger partial charge < -0.3 is 10.2 Å². The van der Waals surface area contributed by atoms with Crippen LogP contribution in [0.4, 0.5) is 5.13 Å². The molecule has 3 nitrogen and oxygen atoms in total. The molecule has 1 aliphatic carbocycles. The summed E-state index contributed by atoms with van der Waals surface area (Å²) < 4.78 is 0. The van der Waals surface area contributed by atoms with Gasteiger partial charge in [-0.15, -0.1) is 11.3 Å². The molecule has 0 aliphatic heterocycles. The van der Waals surface area contributed by atoms with Gasteiger partial charge in [-0.1, -0.05) is 6.92 Å². The van der Waals surface area contributed by atoms with Crippen molar-refractivity contribution in [2.24, 2.45) is 5.92 Å². The van der Waals surface area contributed by atoms with E-state index in [4.69, 9.17) is 4.98 Å². The van der Waals surface area contributed by atoms with Gasteiger partial charge in [0.15, 0.2) is 5.13 Å². The molecular weight excluding hydrogens is 242 g/mol. The minimum atomic E-state index is 0.370. The lowest BCUT2D eigenvalue weighted by Crippen LogP contribution is -2.25. The Balaban J connectivity index is 1.94. The first kappa shape index (κ1) is 13.8. The molecule has 1 aromatic rings. The second kappa shape index (κ2) is 6.53. The highest BCUT2D eigenvalue weighted by Crippen LogP contribution is 2.32. The molecule has 1 aromatic heterocycles. The maximum absolute atomic E-state index is 4.80. The highest BCUT2D eigenvalue weighted by atomic mass is 32.1. The fourth-order valence-electron chi connectivity index (χ4n) is 2.04. The van der Waals surface area contributed by atoms with Crippen LogP contribution in [0.3, 0.4) is 0 Å². The van der Waals surface area contributed by atoms with E-state index in [2.05, 4.69) is 36.4 Å². The fraction of sp³-hybridized carbons (Fsp3) is 0.786. The van der Waals surface area contributed by atoms with Gasteiger partial charge in [0.05, 0.1) is 5.69 Å². The lowest BCUT2D eigenvalue weighted by Gasteiger charge is -2.19. The Hall–Kier alpha value is -0.610. The molecule has 0 spiro atoms. The lowest BCUT2D eigenvalue weighted by molar-refractivity contribution is 0.560. The summed E-state index contributed by atoms with van der Waals surface area (Å²) in [6, 6.07) is 0.370. The third kappa shape index (κ3) is 3.69. The maximum Gasteiger partial charge on any atom is 0.185 e. The molecule has 0 amide bonds. The summed E-state index contributed by atoms with van der Waals surface area (Å²) in [4.78, 5) is 7.23. The van der Waals surface area contributed by atoms with Gasteiger partial charge in [-0.05, 0) is 45.6 Å². The Morgan fingerprint density at radius 1 is 1.50 bits per heavy atom. The number of anilines is 1. The monoisotopic (exact) mass is 267 g/mol. The smallest absolute Gasteiger partial charge is 0.185 e. The summed E-state index contributed by atoms with van der Waals surface area (Å²) in [5.74, 6) is 0.924. The van der Waals surface area contributed by atoms with Crippen molar-refractivity contribution in [3.8, 4) is 0 Å². The summed E-state index contributed by atoms with van der Waals surface area (Å²) in [6.45, 7) is 9.95. The zero-order chi connectivity index (χ0) is 13.0. The first-order valence-corrected chi connectivity index (χ1v) is 8.06. The van der Waals surface area contributed by atoms with Gasteiger partial charge in [0.1, 0.15) is 0 Å². The highest BCUT2D eigenvalue weighted by molar-refractivity contribution is 7.13. The van der Waals surface area contributed by atoms with E-state index >= 15 is 0 Å². The molecular formula is C14H25N3S. The Morgan fingerprint density at radius 2 is 2.28 bits per heavy atom. The topological polar surface area (TPSA) is 28.2 Å². The van der Waals surface area contributed by atoms with Gasteiger partial charge in [0, 0.05) is 24.5 Å². The molecule has 0 aromatic carbocycles. The number of rotatable bonds is 8. The number of aromatic nitrogens is 1. The number of hydrogen-bond donors (Lipinski definition) is 1. The standard InChI is InChI=1S/C14H25N3S/c1-4-8-15-11(3)13-10-18-14(16-13)17(5-2)9-12-6-7-12/h10-12,15H,4-9H2,1-3H3. The molecule has 102 valence electrons. The Morgan fingerprint density at radius 3 is 2.89 bits per heavy atom. The third-order valence-corrected chi connectivity index (χ3v) is 4.40. The number of nitrogens with one attached hydrogen (secondary N) is 1. The summed E-state index contributed by atoms with van der Waals surface area (Å²) in [5.41, 5.74) is 1.19. The number of nitrogens with zero attached hydrogens (tertiary/aromatic N) is 2. The Bertz CT molecular complexity index is 360. The molecule has 0 saturated heterocycles. The summed E-state index contributed by atoms with van der Waals surface area (Å²) in [7, 11) is 0. The van der Waals surface area contributed by atoms with Crippen molar-refractivity contribution in [2.75, 3.05) is 24.5 Å². The Kier molecular flexibility index (Phi) is 5.01. The normalized spacial score (nSPS) is 16.8. The van der Waals surface area contributed by atoms with Gasteiger partial charge >= 0.3 is 0 Å². The van der Waals surface area contributed by atoms with E-state index in [-0.39, 0.29) is 0 Å². The zero-order valence-corrected chi connectivity index (χ0v) is 12.6. The van der Waals surface area contributed by atoms with Crippen LogP contribution in [-0.4, -0.2) is 24.6 Å². The largest absolute Gasteiger partial charge is 0.348 e. The van der Waals surface area contributed by atoms with E-state index in [0.29, 0.717) is 6.04 Å². The molecule has 0 bridgehead atoms. The molecule has 1 aliphatic rings. The maximum atomic E-state index is 4.80. The number of thiazole rings is 1. The molecule has 1 atom stereocenters. The molecule has 18 heavy (non-hydrogen) atoms. The predicted molar refractivity (Wildman–Crippen MR) is 79.4 cm³/mol.